The SMILES string of the molecule is CC(=O)CCN1CCc2c([nH]c3ccccc23)C1. The average Bonchev–Trinajstić information content (AvgIpc) is 2.73. The topological polar surface area (TPSA) is 36.1 Å². The van der Waals surface area contributed by atoms with Crippen LogP contribution < -0.4 is 0 Å². The molecule has 0 unspecified atom stereocenters. The summed E-state index contributed by atoms with van der Waals surface area (Å²) < 4.78 is 0. The number of benzene rings is 1. The molecular weight excluding hydrogens is 224 g/mol. The van der Waals surface area contributed by atoms with Gasteiger partial charge in [0.15, 0.2) is 0 Å². The number of nitrogens with zero attached hydrogens (tertiary/aromatic N) is 1. The van der Waals surface area contributed by atoms with Crippen molar-refractivity contribution >= 4 is 16.7 Å². The average molecular weight is 242 g/mol. The molecule has 0 radical (unpaired) electrons. The van der Waals surface area contributed by atoms with Crippen LogP contribution in [0.3, 0.4) is 0 Å². The number of rotatable bonds is 3. The van der Waals surface area contributed by atoms with E-state index in [1.54, 1.807) is 6.92 Å². The molecule has 3 nitrogen and oxygen atoms in total. The Labute approximate surface area is 107 Å². The Morgan fingerprint density at radius 3 is 3.06 bits per heavy atom. The highest BCUT2D eigenvalue weighted by atomic mass is 16.1. The zero-order valence-corrected chi connectivity index (χ0v) is 10.7. The van der Waals surface area contributed by atoms with Gasteiger partial charge in [-0.05, 0) is 25.0 Å². The maximum absolute atomic E-state index is 11.0. The van der Waals surface area contributed by atoms with E-state index in [4.69, 9.17) is 0 Å². The second kappa shape index (κ2) is 4.58. The second-order valence-electron chi connectivity index (χ2n) is 5.11. The van der Waals surface area contributed by atoms with Gasteiger partial charge < -0.3 is 4.98 Å². The molecule has 0 fully saturated rings. The van der Waals surface area contributed by atoms with Gasteiger partial charge in [-0.3, -0.25) is 9.69 Å². The first-order chi connectivity index (χ1) is 8.74. The van der Waals surface area contributed by atoms with Crippen LogP contribution in [0, 0.1) is 0 Å². The highest BCUT2D eigenvalue weighted by Gasteiger charge is 2.20. The number of fused-ring (bicyclic) bond motifs is 3. The number of carbonyl (C=O) groups is 1. The van der Waals surface area contributed by atoms with Crippen molar-refractivity contribution < 1.29 is 4.79 Å². The van der Waals surface area contributed by atoms with Gasteiger partial charge in [-0.1, -0.05) is 18.2 Å². The first-order valence-electron chi connectivity index (χ1n) is 6.54. The van der Waals surface area contributed by atoms with Crippen LogP contribution >= 0.6 is 0 Å². The van der Waals surface area contributed by atoms with Crippen molar-refractivity contribution in [2.24, 2.45) is 0 Å². The van der Waals surface area contributed by atoms with Crippen LogP contribution in [0.5, 0.6) is 0 Å². The molecular formula is C15H18N2O. The number of aromatic nitrogens is 1. The predicted molar refractivity (Wildman–Crippen MR) is 72.6 cm³/mol. The molecule has 1 aliphatic heterocycles. The maximum atomic E-state index is 11.0. The summed E-state index contributed by atoms with van der Waals surface area (Å²) in [7, 11) is 0. The molecule has 1 N–H and O–H groups in total. The molecule has 0 atom stereocenters. The van der Waals surface area contributed by atoms with Gasteiger partial charge in [-0.25, -0.2) is 0 Å². The third kappa shape index (κ3) is 2.06. The molecule has 3 rings (SSSR count). The standard InChI is InChI=1S/C15H18N2O/c1-11(18)6-8-17-9-7-13-12-4-2-3-5-14(12)16-15(13)10-17/h2-5,16H,6-10H2,1H3. The van der Waals surface area contributed by atoms with Gasteiger partial charge >= 0.3 is 0 Å². The second-order valence-corrected chi connectivity index (χ2v) is 5.11. The minimum atomic E-state index is 0.275. The molecule has 0 saturated carbocycles. The maximum Gasteiger partial charge on any atom is 0.131 e. The molecule has 18 heavy (non-hydrogen) atoms. The summed E-state index contributed by atoms with van der Waals surface area (Å²) in [5.41, 5.74) is 4.02. The summed E-state index contributed by atoms with van der Waals surface area (Å²) in [4.78, 5) is 16.9. The lowest BCUT2D eigenvalue weighted by Crippen LogP contribution is -2.31. The van der Waals surface area contributed by atoms with Crippen LogP contribution in [0.25, 0.3) is 10.9 Å². The number of H-pyrrole nitrogens is 1. The van der Waals surface area contributed by atoms with Crippen LogP contribution in [0.1, 0.15) is 24.6 Å². The summed E-state index contributed by atoms with van der Waals surface area (Å²) in [6.45, 7) is 4.54. The van der Waals surface area contributed by atoms with Crippen molar-refractivity contribution in [3.05, 3.63) is 35.5 Å². The molecule has 94 valence electrons. The Bertz CT molecular complexity index is 585. The van der Waals surface area contributed by atoms with E-state index < -0.39 is 0 Å². The lowest BCUT2D eigenvalue weighted by Gasteiger charge is -2.26. The Balaban J connectivity index is 1.82. The van der Waals surface area contributed by atoms with E-state index in [1.807, 2.05) is 0 Å². The van der Waals surface area contributed by atoms with Crippen LogP contribution in [0.2, 0.25) is 0 Å². The Morgan fingerprint density at radius 2 is 2.22 bits per heavy atom. The van der Waals surface area contributed by atoms with E-state index in [2.05, 4.69) is 34.1 Å². The summed E-state index contributed by atoms with van der Waals surface area (Å²) in [6.07, 6.45) is 1.74. The molecule has 1 aromatic carbocycles. The summed E-state index contributed by atoms with van der Waals surface area (Å²) >= 11 is 0. The molecule has 2 heterocycles. The van der Waals surface area contributed by atoms with E-state index in [0.717, 1.165) is 26.1 Å². The molecule has 0 spiro atoms. The Morgan fingerprint density at radius 1 is 1.39 bits per heavy atom. The Kier molecular flexibility index (Phi) is 2.92. The van der Waals surface area contributed by atoms with Gasteiger partial charge in [0.05, 0.1) is 0 Å². The van der Waals surface area contributed by atoms with E-state index >= 15 is 0 Å². The molecule has 0 aliphatic carbocycles. The monoisotopic (exact) mass is 242 g/mol. The number of nitrogens with one attached hydrogen (secondary N) is 1. The summed E-state index contributed by atoms with van der Waals surface area (Å²) in [5.74, 6) is 0.275. The van der Waals surface area contributed by atoms with Crippen molar-refractivity contribution in [1.82, 2.24) is 9.88 Å². The molecule has 1 aromatic heterocycles. The summed E-state index contributed by atoms with van der Waals surface area (Å²) in [6, 6.07) is 8.49. The third-order valence-corrected chi connectivity index (χ3v) is 3.74. The van der Waals surface area contributed by atoms with Crippen LogP contribution in [-0.4, -0.2) is 28.8 Å². The lowest BCUT2D eigenvalue weighted by atomic mass is 10.0. The van der Waals surface area contributed by atoms with Gasteiger partial charge in [-0.15, -0.1) is 0 Å². The zero-order valence-electron chi connectivity index (χ0n) is 10.7. The molecule has 0 bridgehead atoms. The number of para-hydroxylation sites is 1. The fourth-order valence-corrected chi connectivity index (χ4v) is 2.76. The third-order valence-electron chi connectivity index (χ3n) is 3.74. The predicted octanol–water partition coefficient (Wildman–Crippen LogP) is 2.51. The highest BCUT2D eigenvalue weighted by molar-refractivity contribution is 5.84. The molecule has 1 aliphatic rings. The van der Waals surface area contributed by atoms with Crippen LogP contribution in [0.4, 0.5) is 0 Å². The van der Waals surface area contributed by atoms with E-state index in [0.29, 0.717) is 6.42 Å². The molecule has 0 amide bonds. The smallest absolute Gasteiger partial charge is 0.131 e. The minimum Gasteiger partial charge on any atom is -0.357 e. The van der Waals surface area contributed by atoms with Crippen molar-refractivity contribution in [3.8, 4) is 0 Å². The van der Waals surface area contributed by atoms with Crippen molar-refractivity contribution in [2.45, 2.75) is 26.3 Å². The van der Waals surface area contributed by atoms with Gasteiger partial charge in [-0.2, -0.15) is 0 Å². The van der Waals surface area contributed by atoms with E-state index in [1.165, 1.54) is 22.2 Å². The number of hydrogen-bond acceptors (Lipinski definition) is 2. The first kappa shape index (κ1) is 11.5. The quantitative estimate of drug-likeness (QED) is 0.897. The fraction of sp³-hybridized carbons (Fsp3) is 0.400. The van der Waals surface area contributed by atoms with Gasteiger partial charge in [0.1, 0.15) is 5.78 Å². The van der Waals surface area contributed by atoms with Crippen LogP contribution in [0.15, 0.2) is 24.3 Å². The van der Waals surface area contributed by atoms with Crippen LogP contribution in [-0.2, 0) is 17.8 Å². The fourth-order valence-electron chi connectivity index (χ4n) is 2.76. The largest absolute Gasteiger partial charge is 0.357 e. The lowest BCUT2D eigenvalue weighted by molar-refractivity contribution is -0.117. The van der Waals surface area contributed by atoms with Crippen molar-refractivity contribution in [3.63, 3.8) is 0 Å². The zero-order chi connectivity index (χ0) is 12.5. The van der Waals surface area contributed by atoms with Gasteiger partial charge in [0.2, 0.25) is 0 Å². The van der Waals surface area contributed by atoms with Crippen molar-refractivity contribution in [2.75, 3.05) is 13.1 Å². The minimum absolute atomic E-state index is 0.275. The number of ketones is 1. The van der Waals surface area contributed by atoms with E-state index in [-0.39, 0.29) is 5.78 Å². The number of carbonyl (C=O) groups excluding carboxylic acids is 1. The van der Waals surface area contributed by atoms with Gasteiger partial charge in [0, 0.05) is 42.7 Å². The first-order valence-corrected chi connectivity index (χ1v) is 6.54. The van der Waals surface area contributed by atoms with Gasteiger partial charge in [0.25, 0.3) is 0 Å². The summed E-state index contributed by atoms with van der Waals surface area (Å²) in [5, 5.41) is 1.36. The molecule has 3 heteroatoms. The normalized spacial score (nSPS) is 15.8. The Hall–Kier alpha value is -1.61. The number of hydrogen-bond donors (Lipinski definition) is 1. The highest BCUT2D eigenvalue weighted by Crippen LogP contribution is 2.27. The molecule has 0 saturated heterocycles. The number of aromatic amines is 1. The number of Topliss-reactive ketones (excluding diaryl/α,β-unsaturated/α-hetero) is 1. The molecule has 2 aromatic rings. The van der Waals surface area contributed by atoms with E-state index in [9.17, 15) is 4.79 Å². The van der Waals surface area contributed by atoms with Crippen molar-refractivity contribution in [1.29, 1.82) is 0 Å².